The van der Waals surface area contributed by atoms with Gasteiger partial charge in [-0.3, -0.25) is 0 Å². The number of nitrogens with zero attached hydrogens (tertiary/aromatic N) is 1. The van der Waals surface area contributed by atoms with Gasteiger partial charge in [0.2, 0.25) is 0 Å². The normalized spacial score (nSPS) is 10.6. The monoisotopic (exact) mass is 297 g/mol. The average Bonchev–Trinajstić information content (AvgIpc) is 2.67. The first-order chi connectivity index (χ1) is 7.74. The first-order valence-corrected chi connectivity index (χ1v) is 6.93. The van der Waals surface area contributed by atoms with Crippen molar-refractivity contribution in [3.8, 4) is 0 Å². The molecule has 2 nitrogen and oxygen atoms in total. The minimum absolute atomic E-state index is 0.872. The number of thioether (sulfide) groups is 1. The number of hydrogen-bond acceptors (Lipinski definition) is 3. The van der Waals surface area contributed by atoms with Crippen LogP contribution in [0.3, 0.4) is 0 Å². The van der Waals surface area contributed by atoms with E-state index in [1.54, 1.807) is 0 Å². The fourth-order valence-corrected chi connectivity index (χ4v) is 2.47. The number of aryl methyl sites for hydroxylation is 1. The van der Waals surface area contributed by atoms with Crippen LogP contribution in [0.25, 0.3) is 0 Å². The Kier molecular flexibility index (Phi) is 4.07. The maximum atomic E-state index is 5.14. The molecule has 0 saturated carbocycles. The third-order valence-corrected chi connectivity index (χ3v) is 3.66. The van der Waals surface area contributed by atoms with Crippen molar-refractivity contribution in [2.45, 2.75) is 18.4 Å². The van der Waals surface area contributed by atoms with Crippen molar-refractivity contribution < 1.29 is 4.52 Å². The summed E-state index contributed by atoms with van der Waals surface area (Å²) >= 11 is 5.25. The van der Waals surface area contributed by atoms with E-state index in [1.807, 2.05) is 24.8 Å². The van der Waals surface area contributed by atoms with E-state index in [9.17, 15) is 0 Å². The number of benzene rings is 1. The summed E-state index contributed by atoms with van der Waals surface area (Å²) in [5, 5.41) is 3.86. The van der Waals surface area contributed by atoms with Crippen molar-refractivity contribution in [1.29, 1.82) is 0 Å². The van der Waals surface area contributed by atoms with Crippen LogP contribution in [0.4, 0.5) is 0 Å². The van der Waals surface area contributed by atoms with Crippen LogP contribution < -0.4 is 0 Å². The van der Waals surface area contributed by atoms with Crippen molar-refractivity contribution in [3.63, 3.8) is 0 Å². The van der Waals surface area contributed by atoms with Gasteiger partial charge in [0.15, 0.2) is 0 Å². The number of halogens is 1. The van der Waals surface area contributed by atoms with Gasteiger partial charge in [-0.1, -0.05) is 33.2 Å². The lowest BCUT2D eigenvalue weighted by molar-refractivity contribution is 0.391. The Labute approximate surface area is 108 Å². The minimum atomic E-state index is 0.872. The first kappa shape index (κ1) is 11.7. The Morgan fingerprint density at radius 1 is 1.25 bits per heavy atom. The molecule has 1 heterocycles. The van der Waals surface area contributed by atoms with E-state index in [2.05, 4.69) is 45.4 Å². The smallest absolute Gasteiger partial charge is 0.146 e. The highest BCUT2D eigenvalue weighted by atomic mass is 79.9. The summed E-state index contributed by atoms with van der Waals surface area (Å²) in [6.07, 6.45) is 0. The average molecular weight is 298 g/mol. The molecule has 84 valence electrons. The highest BCUT2D eigenvalue weighted by molar-refractivity contribution is 9.10. The Balaban J connectivity index is 1.82. The molecule has 1 aromatic carbocycles. The van der Waals surface area contributed by atoms with E-state index in [0.717, 1.165) is 27.4 Å². The van der Waals surface area contributed by atoms with E-state index >= 15 is 0 Å². The molecule has 0 bridgehead atoms. The molecule has 0 aliphatic heterocycles. The molecule has 0 N–H and O–H groups in total. The van der Waals surface area contributed by atoms with Gasteiger partial charge in [0.25, 0.3) is 0 Å². The van der Waals surface area contributed by atoms with Gasteiger partial charge in [0.1, 0.15) is 5.76 Å². The minimum Gasteiger partial charge on any atom is -0.360 e. The molecule has 0 aliphatic carbocycles. The predicted molar refractivity (Wildman–Crippen MR) is 70.4 cm³/mol. The molecular weight excluding hydrogens is 286 g/mol. The van der Waals surface area contributed by atoms with Crippen LogP contribution in [0.15, 0.2) is 39.3 Å². The van der Waals surface area contributed by atoms with Gasteiger partial charge in [-0.25, -0.2) is 0 Å². The van der Waals surface area contributed by atoms with Gasteiger partial charge in [0, 0.05) is 16.3 Å². The molecule has 0 amide bonds. The molecule has 16 heavy (non-hydrogen) atoms. The quantitative estimate of drug-likeness (QED) is 0.847. The van der Waals surface area contributed by atoms with Crippen molar-refractivity contribution in [2.24, 2.45) is 0 Å². The van der Waals surface area contributed by atoms with E-state index < -0.39 is 0 Å². The lowest BCUT2D eigenvalue weighted by Crippen LogP contribution is -1.81. The Morgan fingerprint density at radius 3 is 2.62 bits per heavy atom. The van der Waals surface area contributed by atoms with Gasteiger partial charge in [-0.05, 0) is 24.6 Å². The summed E-state index contributed by atoms with van der Waals surface area (Å²) in [6.45, 7) is 1.94. The Hall–Kier alpha value is -0.740. The van der Waals surface area contributed by atoms with Crippen molar-refractivity contribution >= 4 is 27.7 Å². The second kappa shape index (κ2) is 5.55. The summed E-state index contributed by atoms with van der Waals surface area (Å²) in [6, 6.07) is 10.4. The summed E-state index contributed by atoms with van der Waals surface area (Å²) in [7, 11) is 0. The van der Waals surface area contributed by atoms with Gasteiger partial charge < -0.3 is 4.52 Å². The molecule has 0 atom stereocenters. The summed E-state index contributed by atoms with van der Waals surface area (Å²) in [5.41, 5.74) is 2.27. The predicted octanol–water partition coefficient (Wildman–Crippen LogP) is 4.18. The summed E-state index contributed by atoms with van der Waals surface area (Å²) in [4.78, 5) is 0. The van der Waals surface area contributed by atoms with Crippen LogP contribution in [0.1, 0.15) is 17.0 Å². The van der Waals surface area contributed by atoms with E-state index in [4.69, 9.17) is 4.52 Å². The number of hydrogen-bond donors (Lipinski definition) is 0. The van der Waals surface area contributed by atoms with Crippen LogP contribution in [0.2, 0.25) is 0 Å². The van der Waals surface area contributed by atoms with Crippen LogP contribution in [-0.4, -0.2) is 5.16 Å². The third-order valence-electron chi connectivity index (χ3n) is 2.10. The van der Waals surface area contributed by atoms with Crippen LogP contribution in [0.5, 0.6) is 0 Å². The molecule has 1 aromatic heterocycles. The third kappa shape index (κ3) is 3.39. The van der Waals surface area contributed by atoms with E-state index in [-0.39, 0.29) is 0 Å². The second-order valence-corrected chi connectivity index (χ2v) is 5.46. The molecule has 0 unspecified atom stereocenters. The maximum Gasteiger partial charge on any atom is 0.146 e. The van der Waals surface area contributed by atoms with E-state index in [0.29, 0.717) is 0 Å². The van der Waals surface area contributed by atoms with Gasteiger partial charge in [-0.15, -0.1) is 11.8 Å². The first-order valence-electron chi connectivity index (χ1n) is 4.98. The zero-order chi connectivity index (χ0) is 11.4. The SMILES string of the molecule is Cc1cc(CSCc2ccc(Br)cc2)on1. The van der Waals surface area contributed by atoms with Crippen LogP contribution >= 0.6 is 27.7 Å². The second-order valence-electron chi connectivity index (χ2n) is 3.55. The highest BCUT2D eigenvalue weighted by Gasteiger charge is 2.01. The molecule has 0 saturated heterocycles. The molecular formula is C12H12BrNOS. The molecule has 4 heteroatoms. The standard InChI is InChI=1S/C12H12BrNOS/c1-9-6-12(15-14-9)8-16-7-10-2-4-11(13)5-3-10/h2-6H,7-8H2,1H3. The Bertz CT molecular complexity index is 452. The lowest BCUT2D eigenvalue weighted by atomic mass is 10.2. The topological polar surface area (TPSA) is 26.0 Å². The molecule has 0 fully saturated rings. The van der Waals surface area contributed by atoms with Crippen molar-refractivity contribution in [3.05, 3.63) is 51.8 Å². The lowest BCUT2D eigenvalue weighted by Gasteiger charge is -1.99. The fourth-order valence-electron chi connectivity index (χ4n) is 1.33. The highest BCUT2D eigenvalue weighted by Crippen LogP contribution is 2.19. The van der Waals surface area contributed by atoms with E-state index in [1.165, 1.54) is 5.56 Å². The molecule has 0 spiro atoms. The summed E-state index contributed by atoms with van der Waals surface area (Å²) in [5.74, 6) is 2.81. The van der Waals surface area contributed by atoms with Gasteiger partial charge in [0.05, 0.1) is 11.4 Å². The maximum absolute atomic E-state index is 5.14. The molecule has 0 aliphatic rings. The number of aromatic nitrogens is 1. The fraction of sp³-hybridized carbons (Fsp3) is 0.250. The zero-order valence-corrected chi connectivity index (χ0v) is 11.3. The van der Waals surface area contributed by atoms with Gasteiger partial charge in [-0.2, -0.15) is 0 Å². The molecule has 0 radical (unpaired) electrons. The molecule has 2 rings (SSSR count). The van der Waals surface area contributed by atoms with Crippen LogP contribution in [-0.2, 0) is 11.5 Å². The van der Waals surface area contributed by atoms with Gasteiger partial charge >= 0.3 is 0 Å². The zero-order valence-electron chi connectivity index (χ0n) is 8.94. The molecule has 2 aromatic rings. The summed E-state index contributed by atoms with van der Waals surface area (Å²) < 4.78 is 6.26. The largest absolute Gasteiger partial charge is 0.360 e. The van der Waals surface area contributed by atoms with Crippen molar-refractivity contribution in [2.75, 3.05) is 0 Å². The van der Waals surface area contributed by atoms with Crippen molar-refractivity contribution in [1.82, 2.24) is 5.16 Å². The van der Waals surface area contributed by atoms with Crippen LogP contribution in [0, 0.1) is 6.92 Å². The number of rotatable bonds is 4. The Morgan fingerprint density at radius 2 is 2.00 bits per heavy atom.